The molecule has 128 valence electrons. The molecule has 2 rings (SSSR count). The lowest BCUT2D eigenvalue weighted by Crippen LogP contribution is -2.50. The van der Waals surface area contributed by atoms with E-state index in [1.165, 1.54) is 12.1 Å². The van der Waals surface area contributed by atoms with Crippen LogP contribution in [0.25, 0.3) is 0 Å². The van der Waals surface area contributed by atoms with E-state index in [9.17, 15) is 14.3 Å². The minimum Gasteiger partial charge on any atom is -0.396 e. The maximum absolute atomic E-state index is 13.0. The number of amides is 2. The van der Waals surface area contributed by atoms with Crippen molar-refractivity contribution in [3.05, 3.63) is 35.6 Å². The van der Waals surface area contributed by atoms with E-state index in [1.807, 2.05) is 0 Å². The number of benzene rings is 1. The number of nitrogens with one attached hydrogen (secondary N) is 1. The van der Waals surface area contributed by atoms with Gasteiger partial charge in [-0.15, -0.1) is 0 Å². The van der Waals surface area contributed by atoms with E-state index in [2.05, 4.69) is 19.2 Å². The molecule has 1 saturated heterocycles. The minimum atomic E-state index is -0.248. The summed E-state index contributed by atoms with van der Waals surface area (Å²) >= 11 is 0. The Hall–Kier alpha value is -1.62. The number of carbonyl (C=O) groups excluding carboxylic acids is 1. The van der Waals surface area contributed by atoms with E-state index in [1.54, 1.807) is 17.0 Å². The van der Waals surface area contributed by atoms with Gasteiger partial charge < -0.3 is 15.3 Å². The van der Waals surface area contributed by atoms with Crippen molar-refractivity contribution in [3.63, 3.8) is 0 Å². The highest BCUT2D eigenvalue weighted by Crippen LogP contribution is 2.17. The predicted octanol–water partition coefficient (Wildman–Crippen LogP) is 2.81. The van der Waals surface area contributed by atoms with Crippen molar-refractivity contribution < 1.29 is 14.3 Å². The lowest BCUT2D eigenvalue weighted by Gasteiger charge is -2.34. The number of likely N-dealkylation sites (tertiary alicyclic amines) is 1. The van der Waals surface area contributed by atoms with Gasteiger partial charge in [-0.1, -0.05) is 26.0 Å². The van der Waals surface area contributed by atoms with Crippen LogP contribution in [-0.2, 0) is 6.42 Å². The van der Waals surface area contributed by atoms with Crippen LogP contribution >= 0.6 is 0 Å². The molecule has 1 aliphatic heterocycles. The largest absolute Gasteiger partial charge is 0.396 e. The first kappa shape index (κ1) is 17.7. The number of urea groups is 1. The molecule has 23 heavy (non-hydrogen) atoms. The first-order valence-corrected chi connectivity index (χ1v) is 8.40. The summed E-state index contributed by atoms with van der Waals surface area (Å²) in [5.41, 5.74) is 1.01. The molecule has 5 heteroatoms. The Labute approximate surface area is 137 Å². The van der Waals surface area contributed by atoms with Gasteiger partial charge in [0, 0.05) is 25.7 Å². The Bertz CT molecular complexity index is 504. The molecule has 0 spiro atoms. The summed E-state index contributed by atoms with van der Waals surface area (Å²) in [6.07, 6.45) is 2.59. The number of rotatable bonds is 5. The molecular weight excluding hydrogens is 295 g/mol. The molecule has 1 heterocycles. The molecule has 1 fully saturated rings. The summed E-state index contributed by atoms with van der Waals surface area (Å²) in [5, 5.41) is 12.4. The van der Waals surface area contributed by atoms with Crippen molar-refractivity contribution in [1.29, 1.82) is 0 Å². The number of carbonyl (C=O) groups is 1. The summed E-state index contributed by atoms with van der Waals surface area (Å²) in [7, 11) is 0. The van der Waals surface area contributed by atoms with Crippen LogP contribution in [0.15, 0.2) is 24.3 Å². The average Bonchev–Trinajstić information content (AvgIpc) is 2.56. The predicted molar refractivity (Wildman–Crippen MR) is 88.6 cm³/mol. The van der Waals surface area contributed by atoms with E-state index in [-0.39, 0.29) is 36.3 Å². The third-order valence-corrected chi connectivity index (χ3v) is 4.55. The molecule has 0 radical (unpaired) electrons. The molecule has 0 aliphatic carbocycles. The van der Waals surface area contributed by atoms with Gasteiger partial charge in [0.05, 0.1) is 0 Å². The molecule has 1 aliphatic rings. The van der Waals surface area contributed by atoms with Crippen LogP contribution in [0.1, 0.15) is 32.3 Å². The van der Waals surface area contributed by atoms with Gasteiger partial charge in [-0.05, 0) is 48.8 Å². The zero-order valence-corrected chi connectivity index (χ0v) is 14.0. The highest BCUT2D eigenvalue weighted by molar-refractivity contribution is 5.74. The molecule has 2 atom stereocenters. The number of aliphatic hydroxyl groups excluding tert-OH is 1. The highest BCUT2D eigenvalue weighted by atomic mass is 19.1. The fourth-order valence-electron chi connectivity index (χ4n) is 2.98. The summed E-state index contributed by atoms with van der Waals surface area (Å²) < 4.78 is 13.0. The number of piperidine rings is 1. The average molecular weight is 322 g/mol. The standard InChI is InChI=1S/C18H27FN2O2/c1-13(2)17(10-14-5-7-16(19)8-6-14)20-18(23)21-9-3-4-15(11-21)12-22/h5-8,13,15,17,22H,3-4,9-12H2,1-2H3,(H,20,23). The van der Waals surface area contributed by atoms with Crippen LogP contribution in [0.2, 0.25) is 0 Å². The van der Waals surface area contributed by atoms with Gasteiger partial charge in [0.25, 0.3) is 0 Å². The smallest absolute Gasteiger partial charge is 0.317 e. The van der Waals surface area contributed by atoms with E-state index >= 15 is 0 Å². The monoisotopic (exact) mass is 322 g/mol. The second kappa shape index (κ2) is 8.29. The second-order valence-electron chi connectivity index (χ2n) is 6.77. The van der Waals surface area contributed by atoms with E-state index in [0.29, 0.717) is 13.0 Å². The Morgan fingerprint density at radius 2 is 2.09 bits per heavy atom. The van der Waals surface area contributed by atoms with Gasteiger partial charge in [0.2, 0.25) is 0 Å². The third kappa shape index (κ3) is 5.20. The highest BCUT2D eigenvalue weighted by Gasteiger charge is 2.25. The van der Waals surface area contributed by atoms with E-state index in [4.69, 9.17) is 0 Å². The van der Waals surface area contributed by atoms with Crippen molar-refractivity contribution in [2.24, 2.45) is 11.8 Å². The number of halogens is 1. The van der Waals surface area contributed by atoms with E-state index in [0.717, 1.165) is 24.9 Å². The fraction of sp³-hybridized carbons (Fsp3) is 0.611. The molecule has 1 aromatic rings. The van der Waals surface area contributed by atoms with Gasteiger partial charge in [-0.25, -0.2) is 9.18 Å². The van der Waals surface area contributed by atoms with Crippen molar-refractivity contribution in [3.8, 4) is 0 Å². The molecule has 1 aromatic carbocycles. The lowest BCUT2D eigenvalue weighted by atomic mass is 9.96. The molecule has 2 amide bonds. The van der Waals surface area contributed by atoms with Crippen LogP contribution in [0.3, 0.4) is 0 Å². The topological polar surface area (TPSA) is 52.6 Å². The second-order valence-corrected chi connectivity index (χ2v) is 6.77. The van der Waals surface area contributed by atoms with Crippen LogP contribution in [0.4, 0.5) is 9.18 Å². The first-order chi connectivity index (χ1) is 11.0. The quantitative estimate of drug-likeness (QED) is 0.876. The Morgan fingerprint density at radius 1 is 1.39 bits per heavy atom. The SMILES string of the molecule is CC(C)C(Cc1ccc(F)cc1)NC(=O)N1CCCC(CO)C1. The Balaban J connectivity index is 1.95. The molecular formula is C18H27FN2O2. The third-order valence-electron chi connectivity index (χ3n) is 4.55. The van der Waals surface area contributed by atoms with Crippen LogP contribution in [0.5, 0.6) is 0 Å². The van der Waals surface area contributed by atoms with Gasteiger partial charge >= 0.3 is 6.03 Å². The van der Waals surface area contributed by atoms with Crippen molar-refractivity contribution in [1.82, 2.24) is 10.2 Å². The number of hydrogen-bond donors (Lipinski definition) is 2. The van der Waals surface area contributed by atoms with Gasteiger partial charge in [0.1, 0.15) is 5.82 Å². The number of nitrogens with zero attached hydrogens (tertiary/aromatic N) is 1. The zero-order chi connectivity index (χ0) is 16.8. The maximum atomic E-state index is 13.0. The van der Waals surface area contributed by atoms with Crippen LogP contribution in [0, 0.1) is 17.7 Å². The lowest BCUT2D eigenvalue weighted by molar-refractivity contribution is 0.126. The maximum Gasteiger partial charge on any atom is 0.317 e. The summed E-state index contributed by atoms with van der Waals surface area (Å²) in [5.74, 6) is 0.216. The van der Waals surface area contributed by atoms with Gasteiger partial charge in [-0.2, -0.15) is 0 Å². The normalized spacial score (nSPS) is 19.7. The molecule has 0 saturated carbocycles. The summed E-state index contributed by atoms with van der Waals surface area (Å²) in [6, 6.07) is 6.36. The minimum absolute atomic E-state index is 0.00228. The molecule has 4 nitrogen and oxygen atoms in total. The zero-order valence-electron chi connectivity index (χ0n) is 14.0. The van der Waals surface area contributed by atoms with Crippen molar-refractivity contribution in [2.45, 2.75) is 39.2 Å². The van der Waals surface area contributed by atoms with Crippen LogP contribution in [-0.4, -0.2) is 41.8 Å². The van der Waals surface area contributed by atoms with Gasteiger partial charge in [-0.3, -0.25) is 0 Å². The number of aliphatic hydroxyl groups is 1. The van der Waals surface area contributed by atoms with Crippen LogP contribution < -0.4 is 5.32 Å². The van der Waals surface area contributed by atoms with Gasteiger partial charge in [0.15, 0.2) is 0 Å². The molecule has 0 aromatic heterocycles. The first-order valence-electron chi connectivity index (χ1n) is 8.40. The Kier molecular flexibility index (Phi) is 6.39. The van der Waals surface area contributed by atoms with Crippen molar-refractivity contribution in [2.75, 3.05) is 19.7 Å². The van der Waals surface area contributed by atoms with Crippen molar-refractivity contribution >= 4 is 6.03 Å². The number of hydrogen-bond acceptors (Lipinski definition) is 2. The summed E-state index contributed by atoms with van der Waals surface area (Å²) in [4.78, 5) is 14.3. The molecule has 0 bridgehead atoms. The fourth-order valence-corrected chi connectivity index (χ4v) is 2.98. The molecule has 2 unspecified atom stereocenters. The molecule has 2 N–H and O–H groups in total. The van der Waals surface area contributed by atoms with E-state index < -0.39 is 0 Å². The summed E-state index contributed by atoms with van der Waals surface area (Å²) in [6.45, 7) is 5.63. The Morgan fingerprint density at radius 3 is 2.70 bits per heavy atom.